The van der Waals surface area contributed by atoms with E-state index in [4.69, 9.17) is 14.9 Å². The predicted molar refractivity (Wildman–Crippen MR) is 166 cm³/mol. The number of carbonyl (C=O) groups is 2. The number of nitrogens with zero attached hydrogens (tertiary/aromatic N) is 5. The third kappa shape index (κ3) is 13.5. The van der Waals surface area contributed by atoms with Crippen molar-refractivity contribution in [1.82, 2.24) is 30.2 Å². The topological polar surface area (TPSA) is 184 Å². The van der Waals surface area contributed by atoms with Gasteiger partial charge < -0.3 is 40.5 Å². The Morgan fingerprint density at radius 1 is 0.837 bits per heavy atom. The maximum atomic E-state index is 11.6. The highest BCUT2D eigenvalue weighted by atomic mass is 79.9. The van der Waals surface area contributed by atoms with Crippen molar-refractivity contribution in [1.29, 1.82) is 0 Å². The zero-order chi connectivity index (χ0) is 31.3. The SMILES string of the molecule is COC(=O)c1nccnc1NCC1CCN(CCO)CC1.COC(=O)c1nccnc1NCC1CCNCC1.OCCBr. The lowest BCUT2D eigenvalue weighted by molar-refractivity contribution is 0.0586. The van der Waals surface area contributed by atoms with E-state index in [0.717, 1.165) is 71.5 Å². The lowest BCUT2D eigenvalue weighted by atomic mass is 9.97. The largest absolute Gasteiger partial charge is 0.464 e. The second-order valence-electron chi connectivity index (χ2n) is 9.87. The number of aliphatic hydroxyl groups excluding tert-OH is 2. The summed E-state index contributed by atoms with van der Waals surface area (Å²) in [4.78, 5) is 41.7. The summed E-state index contributed by atoms with van der Waals surface area (Å²) in [6.07, 6.45) is 10.5. The number of hydrogen-bond donors (Lipinski definition) is 5. The van der Waals surface area contributed by atoms with Crippen LogP contribution in [0.1, 0.15) is 46.7 Å². The Labute approximate surface area is 261 Å². The fraction of sp³-hybridized carbons (Fsp3) is 0.643. The summed E-state index contributed by atoms with van der Waals surface area (Å²) in [7, 11) is 2.67. The molecule has 2 fully saturated rings. The molecule has 0 aliphatic carbocycles. The Hall–Kier alpha value is -2.98. The molecule has 4 heterocycles. The number of likely N-dealkylation sites (tertiary alicyclic amines) is 1. The van der Waals surface area contributed by atoms with Crippen molar-refractivity contribution in [2.45, 2.75) is 25.7 Å². The minimum Gasteiger partial charge on any atom is -0.464 e. The molecule has 43 heavy (non-hydrogen) atoms. The molecule has 14 nitrogen and oxygen atoms in total. The first-order chi connectivity index (χ1) is 21.0. The first kappa shape index (κ1) is 36.2. The summed E-state index contributed by atoms with van der Waals surface area (Å²) in [5.41, 5.74) is 0.464. The van der Waals surface area contributed by atoms with Crippen molar-refractivity contribution >= 4 is 39.5 Å². The van der Waals surface area contributed by atoms with E-state index in [2.05, 4.69) is 61.5 Å². The monoisotopic (exact) mass is 668 g/mol. The molecule has 0 bridgehead atoms. The molecule has 2 saturated heterocycles. The average molecular weight is 670 g/mol. The highest BCUT2D eigenvalue weighted by Crippen LogP contribution is 2.19. The highest BCUT2D eigenvalue weighted by molar-refractivity contribution is 9.09. The van der Waals surface area contributed by atoms with Crippen LogP contribution in [0.4, 0.5) is 11.6 Å². The smallest absolute Gasteiger partial charge is 0.360 e. The first-order valence-corrected chi connectivity index (χ1v) is 15.6. The predicted octanol–water partition coefficient (Wildman–Crippen LogP) is 1.43. The molecule has 2 aliphatic rings. The van der Waals surface area contributed by atoms with E-state index in [1.807, 2.05) is 0 Å². The number of hydrogen-bond acceptors (Lipinski definition) is 14. The number of alkyl halides is 1. The number of aromatic nitrogens is 4. The minimum absolute atomic E-state index is 0.213. The Bertz CT molecular complexity index is 1070. The summed E-state index contributed by atoms with van der Waals surface area (Å²) in [6, 6.07) is 0. The summed E-state index contributed by atoms with van der Waals surface area (Å²) >= 11 is 3.00. The van der Waals surface area contributed by atoms with Crippen LogP contribution in [0.3, 0.4) is 0 Å². The molecule has 0 spiro atoms. The molecular formula is C28H45BrN8O6. The van der Waals surface area contributed by atoms with Crippen LogP contribution in [0, 0.1) is 11.8 Å². The number of aliphatic hydroxyl groups is 2. The number of halogens is 1. The van der Waals surface area contributed by atoms with Crippen molar-refractivity contribution in [3.05, 3.63) is 36.2 Å². The van der Waals surface area contributed by atoms with Crippen LogP contribution < -0.4 is 16.0 Å². The molecular weight excluding hydrogens is 624 g/mol. The fourth-order valence-corrected chi connectivity index (χ4v) is 4.55. The van der Waals surface area contributed by atoms with E-state index in [0.29, 0.717) is 28.8 Å². The Balaban J connectivity index is 0.000000269. The Morgan fingerprint density at radius 3 is 1.70 bits per heavy atom. The molecule has 2 aromatic heterocycles. The number of nitrogens with one attached hydrogen (secondary N) is 3. The van der Waals surface area contributed by atoms with Gasteiger partial charge in [-0.05, 0) is 63.7 Å². The van der Waals surface area contributed by atoms with E-state index in [1.165, 1.54) is 26.6 Å². The molecule has 2 aromatic rings. The Kier molecular flexibility index (Phi) is 18.2. The number of piperidine rings is 2. The number of carbonyl (C=O) groups excluding carboxylic acids is 2. The fourth-order valence-electron chi connectivity index (χ4n) is 4.55. The highest BCUT2D eigenvalue weighted by Gasteiger charge is 2.21. The third-order valence-corrected chi connectivity index (χ3v) is 7.29. The quantitative estimate of drug-likeness (QED) is 0.171. The van der Waals surface area contributed by atoms with Gasteiger partial charge in [-0.1, -0.05) is 15.9 Å². The van der Waals surface area contributed by atoms with E-state index in [-0.39, 0.29) is 24.6 Å². The first-order valence-electron chi connectivity index (χ1n) is 14.4. The zero-order valence-electron chi connectivity index (χ0n) is 25.0. The molecule has 15 heteroatoms. The summed E-state index contributed by atoms with van der Waals surface area (Å²) in [5, 5.41) is 27.2. The standard InChI is InChI=1S/C14H22N4O3.C12H18N4O2.C2H5BrO/c1-21-14(20)12-13(16-5-4-15-12)17-10-11-2-6-18(7-3-11)8-9-19;1-18-12(17)10-11(15-7-6-14-10)16-8-9-2-4-13-5-3-9;3-1-2-4/h4-5,11,19H,2-3,6-10H2,1H3,(H,16,17);6-7,9,13H,2-5,8H2,1H3,(H,15,16);4H,1-2H2. The lowest BCUT2D eigenvalue weighted by Crippen LogP contribution is -2.37. The summed E-state index contributed by atoms with van der Waals surface area (Å²) in [6.45, 7) is 6.86. The van der Waals surface area contributed by atoms with Crippen LogP contribution in [0.2, 0.25) is 0 Å². The van der Waals surface area contributed by atoms with Gasteiger partial charge in [0, 0.05) is 49.8 Å². The molecule has 0 unspecified atom stereocenters. The van der Waals surface area contributed by atoms with Crippen LogP contribution in [0.25, 0.3) is 0 Å². The van der Waals surface area contributed by atoms with Gasteiger partial charge in [-0.25, -0.2) is 29.5 Å². The second kappa shape index (κ2) is 21.7. The van der Waals surface area contributed by atoms with E-state index in [9.17, 15) is 9.59 Å². The number of methoxy groups -OCH3 is 2. The molecule has 0 aromatic carbocycles. The van der Waals surface area contributed by atoms with E-state index >= 15 is 0 Å². The zero-order valence-corrected chi connectivity index (χ0v) is 26.6. The molecule has 0 amide bonds. The van der Waals surface area contributed by atoms with Crippen LogP contribution >= 0.6 is 15.9 Å². The van der Waals surface area contributed by atoms with Crippen LogP contribution in [0.15, 0.2) is 24.8 Å². The van der Waals surface area contributed by atoms with Crippen LogP contribution in [0.5, 0.6) is 0 Å². The van der Waals surface area contributed by atoms with Crippen LogP contribution in [-0.4, -0.2) is 126 Å². The van der Waals surface area contributed by atoms with Crippen molar-refractivity contribution in [3.8, 4) is 0 Å². The van der Waals surface area contributed by atoms with Gasteiger partial charge in [0.25, 0.3) is 0 Å². The van der Waals surface area contributed by atoms with Gasteiger partial charge in [0.05, 0.1) is 27.4 Å². The maximum Gasteiger partial charge on any atom is 0.360 e. The van der Waals surface area contributed by atoms with Crippen molar-refractivity contribution in [2.24, 2.45) is 11.8 Å². The second-order valence-corrected chi connectivity index (χ2v) is 10.7. The van der Waals surface area contributed by atoms with Crippen LogP contribution in [-0.2, 0) is 9.47 Å². The van der Waals surface area contributed by atoms with Gasteiger partial charge in [-0.2, -0.15) is 0 Å². The molecule has 4 rings (SSSR count). The van der Waals surface area contributed by atoms with Gasteiger partial charge in [0.2, 0.25) is 0 Å². The summed E-state index contributed by atoms with van der Waals surface area (Å²) < 4.78 is 9.38. The summed E-state index contributed by atoms with van der Waals surface area (Å²) in [5.74, 6) is 1.18. The van der Waals surface area contributed by atoms with Gasteiger partial charge in [-0.3, -0.25) is 0 Å². The minimum atomic E-state index is -0.483. The van der Waals surface area contributed by atoms with E-state index < -0.39 is 11.9 Å². The van der Waals surface area contributed by atoms with Crippen molar-refractivity contribution < 1.29 is 29.3 Å². The molecule has 2 aliphatic heterocycles. The molecule has 0 atom stereocenters. The third-order valence-electron chi connectivity index (χ3n) is 6.94. The number of ether oxygens (including phenoxy) is 2. The van der Waals surface area contributed by atoms with Gasteiger partial charge in [-0.15, -0.1) is 0 Å². The number of esters is 2. The Morgan fingerprint density at radius 2 is 1.28 bits per heavy atom. The average Bonchev–Trinajstić information content (AvgIpc) is 3.07. The molecule has 0 radical (unpaired) electrons. The van der Waals surface area contributed by atoms with Crippen molar-refractivity contribution in [3.63, 3.8) is 0 Å². The van der Waals surface area contributed by atoms with Crippen molar-refractivity contribution in [2.75, 3.05) is 89.2 Å². The van der Waals surface area contributed by atoms with E-state index in [1.54, 1.807) is 12.4 Å². The maximum absolute atomic E-state index is 11.6. The molecule has 240 valence electrons. The normalized spacial score (nSPS) is 15.7. The van der Waals surface area contributed by atoms with Gasteiger partial charge in [0.15, 0.2) is 23.0 Å². The number of β-amino-alcohol motifs (C(OH)–C–C–N with tert-alkyl or cyclic N) is 1. The lowest BCUT2D eigenvalue weighted by Gasteiger charge is -2.31. The number of anilines is 2. The molecule has 5 N–H and O–H groups in total. The van der Waals surface area contributed by atoms with Gasteiger partial charge in [0.1, 0.15) is 0 Å². The molecule has 0 saturated carbocycles. The number of rotatable bonds is 11. The van der Waals surface area contributed by atoms with Gasteiger partial charge >= 0.3 is 11.9 Å².